The second-order valence-electron chi connectivity index (χ2n) is 24.6. The predicted molar refractivity (Wildman–Crippen MR) is 434 cm³/mol. The monoisotopic (exact) mass is 1180 g/mol. The van der Waals surface area contributed by atoms with Gasteiger partial charge in [0.15, 0.2) is 0 Å². The molecular formula is C77H54B18. The first-order valence-electron chi connectivity index (χ1n) is 31.2. The SMILES string of the molecule is [B][B]B([B])B(B([B])[B])c1c(B(B([B])[B])B([B])[B])c(C)c(C)c2c(C)c(-c3c4c(C)c(C)c(C)c(C)c4c(-c4c(C)c(C)c5c(C)c(C#CC#CC#CC#CC#C)c6c(C)c(C#C)c(C#CC)c(C#CC#C)c6c5c4C#CC#CC)c4c(C)c(C)c(C)c(C)c34)c([B][B])c([B])c12. The quantitative estimate of drug-likeness (QED) is 0.0688. The molecule has 416 valence electrons. The zero-order valence-corrected chi connectivity index (χ0v) is 57.6. The van der Waals surface area contributed by atoms with Crippen LogP contribution in [-0.2, 0) is 0 Å². The van der Waals surface area contributed by atoms with Crippen LogP contribution in [0.1, 0.15) is 125 Å². The normalized spacial score (nSPS) is 10.1. The molecule has 0 bridgehead atoms. The summed E-state index contributed by atoms with van der Waals surface area (Å²) in [5.41, 5.74) is 23.8. The molecule has 22 radical (unpaired) electrons. The van der Waals surface area contributed by atoms with Crippen LogP contribution in [0.3, 0.4) is 0 Å². The first-order chi connectivity index (χ1) is 45.1. The number of benzene rings is 8. The molecule has 0 unspecified atom stereocenters. The summed E-state index contributed by atoms with van der Waals surface area (Å²) in [6.45, 7) is 34.1. The molecule has 0 atom stereocenters. The van der Waals surface area contributed by atoms with Gasteiger partial charge in [0.1, 0.15) is 7.85 Å². The first-order valence-corrected chi connectivity index (χ1v) is 31.2. The molecule has 18 heteroatoms. The Kier molecular flexibility index (Phi) is 22.2. The van der Waals surface area contributed by atoms with Crippen LogP contribution in [0.4, 0.5) is 0 Å². The molecule has 0 heterocycles. The largest absolute Gasteiger partial charge is 0.115 e. The maximum absolute atomic E-state index is 7.91. The van der Waals surface area contributed by atoms with E-state index in [1.54, 1.807) is 21.0 Å². The lowest BCUT2D eigenvalue weighted by atomic mass is 8.67. The van der Waals surface area contributed by atoms with E-state index in [0.29, 0.717) is 55.1 Å². The van der Waals surface area contributed by atoms with Gasteiger partial charge in [-0.1, -0.05) is 57.5 Å². The molecule has 8 aromatic rings. The van der Waals surface area contributed by atoms with Crippen molar-refractivity contribution in [3.63, 3.8) is 0 Å². The molecule has 0 aliphatic heterocycles. The summed E-state index contributed by atoms with van der Waals surface area (Å²) < 4.78 is 0. The molecule has 0 saturated heterocycles. The van der Waals surface area contributed by atoms with Crippen molar-refractivity contribution in [3.05, 3.63) is 111 Å². The number of rotatable bonds is 10. The van der Waals surface area contributed by atoms with Crippen molar-refractivity contribution in [1.29, 1.82) is 0 Å². The van der Waals surface area contributed by atoms with E-state index in [0.717, 1.165) is 154 Å². The first kappa shape index (κ1) is 72.2. The molecule has 95 heavy (non-hydrogen) atoms. The summed E-state index contributed by atoms with van der Waals surface area (Å²) in [7, 11) is 71.7. The van der Waals surface area contributed by atoms with E-state index in [2.05, 4.69) is 202 Å². The van der Waals surface area contributed by atoms with Crippen molar-refractivity contribution in [2.45, 2.75) is 118 Å². The van der Waals surface area contributed by atoms with Gasteiger partial charge in [0.25, 0.3) is 0 Å². The molecule has 0 saturated carbocycles. The van der Waals surface area contributed by atoms with Crippen molar-refractivity contribution in [3.8, 4) is 154 Å². The summed E-state index contributed by atoms with van der Waals surface area (Å²) in [6, 6.07) is 0. The van der Waals surface area contributed by atoms with Crippen molar-refractivity contribution in [1.82, 2.24) is 0 Å². The van der Waals surface area contributed by atoms with E-state index in [1.807, 2.05) is 13.8 Å². The highest BCUT2D eigenvalue weighted by atomic mass is 14.3. The molecular weight excluding hydrogens is 1120 g/mol. The smallest absolute Gasteiger partial charge is 0.113 e. The van der Waals surface area contributed by atoms with Crippen LogP contribution in [0, 0.1) is 236 Å². The minimum absolute atomic E-state index is 0.349. The third kappa shape index (κ3) is 11.9. The Hall–Kier alpha value is -8.61. The van der Waals surface area contributed by atoms with Gasteiger partial charge in [-0.3, -0.25) is 0 Å². The lowest BCUT2D eigenvalue weighted by molar-refractivity contribution is 1.24. The Labute approximate surface area is 584 Å². The van der Waals surface area contributed by atoms with Crippen molar-refractivity contribution in [2.75, 3.05) is 0 Å². The van der Waals surface area contributed by atoms with Gasteiger partial charge in [0.05, 0.1) is 31.3 Å². The third-order valence-corrected chi connectivity index (χ3v) is 20.0. The van der Waals surface area contributed by atoms with Gasteiger partial charge in [-0.15, -0.1) is 30.7 Å². The molecule has 0 aromatic heterocycles. The molecule has 0 nitrogen and oxygen atoms in total. The summed E-state index contributed by atoms with van der Waals surface area (Å²) >= 11 is 0. The number of aryl methyl sites for hydroxylation is 9. The van der Waals surface area contributed by atoms with Gasteiger partial charge in [-0.25, -0.2) is 0 Å². The Balaban J connectivity index is 1.82. The fourth-order valence-electron chi connectivity index (χ4n) is 14.9. The second kappa shape index (κ2) is 29.2. The van der Waals surface area contributed by atoms with Crippen molar-refractivity contribution >= 4 is 206 Å². The minimum Gasteiger partial charge on any atom is -0.115 e. The van der Waals surface area contributed by atoms with E-state index in [9.17, 15) is 0 Å². The Morgan fingerprint density at radius 2 is 0.737 bits per heavy atom. The summed E-state index contributed by atoms with van der Waals surface area (Å²) in [6.07, 6.45) is 13.9. The van der Waals surface area contributed by atoms with Crippen LogP contribution < -0.4 is 21.9 Å². The van der Waals surface area contributed by atoms with Gasteiger partial charge >= 0.3 is 0 Å². The van der Waals surface area contributed by atoms with Crippen LogP contribution in [0.2, 0.25) is 0 Å². The summed E-state index contributed by atoms with van der Waals surface area (Å²) in [5, 5.41) is 8.65. The highest BCUT2D eigenvalue weighted by molar-refractivity contribution is 7.89. The van der Waals surface area contributed by atoms with Crippen LogP contribution in [0.25, 0.3) is 76.1 Å². The standard InChI is InChI=1S/C77H54B18/c1-21-26-29-30-31-32-33-35-38-56-53(19)60-48(14)49(15)62(59(39-34-27-22-2)70(60)69-58(37-28-23-3)57(36-24-4)55(25-5)52(18)63(56)69)71-64-44(10)40(6)42(8)46(12)66(64)72(67-47(13)43(9)41(7)45(11)65(67)71)68-54(20)61-50(16)51(17)76(90(92(81)82)93(83)84)77(73(61)74(78)75(68)88-79)91(94(85)86)95(87)89-80/h1,3,5H,2,4,6-20H3. The van der Waals surface area contributed by atoms with Gasteiger partial charge in [-0.05, 0) is 321 Å². The van der Waals surface area contributed by atoms with E-state index < -0.39 is 38.5 Å². The maximum Gasteiger partial charge on any atom is 0.113 e. The summed E-state index contributed by atoms with van der Waals surface area (Å²) in [4.78, 5) is 0. The third-order valence-electron chi connectivity index (χ3n) is 20.0. The average Bonchev–Trinajstić information content (AvgIpc) is 0.689. The molecule has 0 amide bonds. The van der Waals surface area contributed by atoms with E-state index in [-0.39, 0.29) is 0 Å². The molecule has 8 aromatic carbocycles. The number of fused-ring (bicyclic) bond motifs is 6. The number of hydrogen-bond donors (Lipinski definition) is 0. The zero-order chi connectivity index (χ0) is 70.3. The lowest BCUT2D eigenvalue weighted by Gasteiger charge is -2.37. The van der Waals surface area contributed by atoms with E-state index >= 15 is 0 Å². The van der Waals surface area contributed by atoms with Crippen molar-refractivity contribution in [2.24, 2.45) is 0 Å². The molecule has 0 spiro atoms. The van der Waals surface area contributed by atoms with Gasteiger partial charge in [-0.2, -0.15) is 0 Å². The predicted octanol–water partition coefficient (Wildman–Crippen LogP) is 5.96. The number of terminal acetylenes is 3. The Bertz CT molecular complexity index is 5380. The van der Waals surface area contributed by atoms with Gasteiger partial charge in [0.2, 0.25) is 0 Å². The van der Waals surface area contributed by atoms with Crippen LogP contribution in [0.15, 0.2) is 0 Å². The molecule has 0 fully saturated rings. The topological polar surface area (TPSA) is 0 Å². The van der Waals surface area contributed by atoms with Crippen LogP contribution in [-0.4, -0.2) is 130 Å². The summed E-state index contributed by atoms with van der Waals surface area (Å²) in [5.74, 6) is 56.7. The highest BCUT2D eigenvalue weighted by Crippen LogP contribution is 2.55. The van der Waals surface area contributed by atoms with E-state index in [4.69, 9.17) is 96.7 Å². The molecule has 0 N–H and O–H groups in total. The number of hydrogen-bond acceptors (Lipinski definition) is 0. The average molecular weight is 1170 g/mol. The Morgan fingerprint density at radius 3 is 1.20 bits per heavy atom. The van der Waals surface area contributed by atoms with Crippen LogP contribution >= 0.6 is 0 Å². The molecule has 0 aliphatic carbocycles. The van der Waals surface area contributed by atoms with Crippen molar-refractivity contribution < 1.29 is 0 Å². The zero-order valence-electron chi connectivity index (χ0n) is 57.6. The van der Waals surface area contributed by atoms with Crippen LogP contribution in [0.5, 0.6) is 0 Å². The van der Waals surface area contributed by atoms with E-state index in [1.165, 1.54) is 7.06 Å². The molecule has 0 aliphatic rings. The maximum atomic E-state index is 7.91. The Morgan fingerprint density at radius 1 is 0.316 bits per heavy atom. The van der Waals surface area contributed by atoms with Gasteiger partial charge in [0, 0.05) is 141 Å². The fraction of sp³-hybridized carbons (Fsp3) is 0.221. The molecule has 8 rings (SSSR count). The van der Waals surface area contributed by atoms with Gasteiger partial charge < -0.3 is 0 Å². The lowest BCUT2D eigenvalue weighted by Crippen LogP contribution is -2.72. The minimum atomic E-state index is -1.06. The fourth-order valence-corrected chi connectivity index (χ4v) is 14.9. The second-order valence-corrected chi connectivity index (χ2v) is 24.6. The highest BCUT2D eigenvalue weighted by Gasteiger charge is 2.39.